The molecule has 1 N–H and O–H groups in total. The Morgan fingerprint density at radius 1 is 1.26 bits per heavy atom. The van der Waals surface area contributed by atoms with Crippen molar-refractivity contribution >= 4 is 30.5 Å². The lowest BCUT2D eigenvalue weighted by Gasteiger charge is -2.43. The normalized spacial score (nSPS) is 19.9. The third-order valence-electron chi connectivity index (χ3n) is 4.65. The summed E-state index contributed by atoms with van der Waals surface area (Å²) in [6.07, 6.45) is 3.31. The summed E-state index contributed by atoms with van der Waals surface area (Å²) in [5, 5.41) is 14.6. The zero-order valence-corrected chi connectivity index (χ0v) is 14.4. The van der Waals surface area contributed by atoms with Crippen LogP contribution in [0.4, 0.5) is 10.1 Å². The van der Waals surface area contributed by atoms with Gasteiger partial charge >= 0.3 is 0 Å². The molecule has 2 aliphatic rings. The average molecular weight is 366 g/mol. The van der Waals surface area contributed by atoms with Crippen LogP contribution in [0.1, 0.15) is 30.9 Å². The summed E-state index contributed by atoms with van der Waals surface area (Å²) < 4.78 is 13.7. The van der Waals surface area contributed by atoms with Gasteiger partial charge in [0, 0.05) is 38.3 Å². The van der Waals surface area contributed by atoms with E-state index in [4.69, 9.17) is 0 Å². The van der Waals surface area contributed by atoms with Crippen molar-refractivity contribution in [3.8, 4) is 0 Å². The highest BCUT2D eigenvalue weighted by molar-refractivity contribution is 5.85. The van der Waals surface area contributed by atoms with Crippen molar-refractivity contribution in [1.29, 1.82) is 0 Å². The highest BCUT2D eigenvalue weighted by Crippen LogP contribution is 2.44. The van der Waals surface area contributed by atoms with E-state index in [2.05, 4.69) is 10.2 Å². The molecule has 1 aromatic rings. The first kappa shape index (κ1) is 20.1. The van der Waals surface area contributed by atoms with Crippen LogP contribution < -0.4 is 5.32 Å². The van der Waals surface area contributed by atoms with Gasteiger partial charge in [-0.1, -0.05) is 6.42 Å². The smallest absolute Gasteiger partial charge is 0.274 e. The van der Waals surface area contributed by atoms with Gasteiger partial charge in [0.25, 0.3) is 5.69 Å². The van der Waals surface area contributed by atoms with E-state index in [-0.39, 0.29) is 41.5 Å². The minimum absolute atomic E-state index is 0. The molecule has 23 heavy (non-hydrogen) atoms. The maximum atomic E-state index is 13.7. The molecule has 8 heteroatoms. The molecule has 1 aromatic carbocycles. The predicted octanol–water partition coefficient (Wildman–Crippen LogP) is 3.32. The van der Waals surface area contributed by atoms with Crippen LogP contribution in [-0.4, -0.2) is 36.0 Å². The lowest BCUT2D eigenvalue weighted by molar-refractivity contribution is -0.386. The molecule has 1 atom stereocenters. The molecule has 1 heterocycles. The van der Waals surface area contributed by atoms with Crippen molar-refractivity contribution < 1.29 is 9.31 Å². The highest BCUT2D eigenvalue weighted by atomic mass is 35.5. The minimum Gasteiger partial charge on any atom is -0.314 e. The molecule has 0 bridgehead atoms. The second kappa shape index (κ2) is 8.78. The Morgan fingerprint density at radius 2 is 1.91 bits per heavy atom. The summed E-state index contributed by atoms with van der Waals surface area (Å²) in [5.74, 6) is 0.0126. The zero-order valence-electron chi connectivity index (χ0n) is 12.7. The number of hydrogen-bond acceptors (Lipinski definition) is 4. The number of nitro groups is 1. The van der Waals surface area contributed by atoms with Gasteiger partial charge < -0.3 is 5.32 Å². The number of hydrogen-bond donors (Lipinski definition) is 1. The minimum atomic E-state index is -0.393. The number of piperazine rings is 1. The first-order chi connectivity index (χ1) is 10.2. The van der Waals surface area contributed by atoms with Gasteiger partial charge in [-0.2, -0.15) is 0 Å². The van der Waals surface area contributed by atoms with Crippen LogP contribution in [-0.2, 0) is 0 Å². The maximum absolute atomic E-state index is 13.7. The van der Waals surface area contributed by atoms with Gasteiger partial charge in [-0.05, 0) is 30.9 Å². The molecule has 1 saturated carbocycles. The molecule has 1 saturated heterocycles. The molecular formula is C15H22Cl2FN3O2. The molecule has 3 rings (SSSR count). The topological polar surface area (TPSA) is 58.4 Å². The zero-order chi connectivity index (χ0) is 14.8. The van der Waals surface area contributed by atoms with E-state index in [9.17, 15) is 14.5 Å². The molecule has 0 unspecified atom stereocenters. The Hall–Kier alpha value is -0.950. The van der Waals surface area contributed by atoms with E-state index in [1.54, 1.807) is 0 Å². The Bertz CT molecular complexity index is 537. The van der Waals surface area contributed by atoms with Gasteiger partial charge in [0.15, 0.2) is 0 Å². The Labute approximate surface area is 147 Å². The van der Waals surface area contributed by atoms with Crippen LogP contribution in [0.2, 0.25) is 0 Å². The largest absolute Gasteiger partial charge is 0.314 e. The van der Waals surface area contributed by atoms with Gasteiger partial charge in [-0.25, -0.2) is 4.39 Å². The van der Waals surface area contributed by atoms with Crippen molar-refractivity contribution in [3.63, 3.8) is 0 Å². The quantitative estimate of drug-likeness (QED) is 0.656. The molecule has 0 amide bonds. The van der Waals surface area contributed by atoms with E-state index >= 15 is 0 Å². The van der Waals surface area contributed by atoms with Gasteiger partial charge in [0.05, 0.1) is 10.5 Å². The van der Waals surface area contributed by atoms with Crippen molar-refractivity contribution in [2.24, 2.45) is 5.92 Å². The molecule has 0 radical (unpaired) electrons. The molecule has 0 spiro atoms. The second-order valence-electron chi connectivity index (χ2n) is 5.88. The maximum Gasteiger partial charge on any atom is 0.274 e. The van der Waals surface area contributed by atoms with Crippen molar-refractivity contribution in [3.05, 3.63) is 39.7 Å². The first-order valence-corrected chi connectivity index (χ1v) is 7.55. The van der Waals surface area contributed by atoms with E-state index < -0.39 is 5.82 Å². The van der Waals surface area contributed by atoms with Crippen molar-refractivity contribution in [2.75, 3.05) is 26.2 Å². The lowest BCUT2D eigenvalue weighted by Crippen LogP contribution is -2.48. The van der Waals surface area contributed by atoms with Crippen LogP contribution in [0.25, 0.3) is 0 Å². The Kier molecular flexibility index (Phi) is 7.67. The molecule has 0 aromatic heterocycles. The fraction of sp³-hybridized carbons (Fsp3) is 0.600. The first-order valence-electron chi connectivity index (χ1n) is 7.55. The number of nitrogens with zero attached hydrogens (tertiary/aromatic N) is 2. The summed E-state index contributed by atoms with van der Waals surface area (Å²) in [6, 6.07) is 3.82. The second-order valence-corrected chi connectivity index (χ2v) is 5.88. The van der Waals surface area contributed by atoms with Crippen LogP contribution >= 0.6 is 24.8 Å². The number of benzene rings is 1. The summed E-state index contributed by atoms with van der Waals surface area (Å²) >= 11 is 0. The molecule has 5 nitrogen and oxygen atoms in total. The van der Waals surface area contributed by atoms with Crippen LogP contribution in [0.3, 0.4) is 0 Å². The molecule has 130 valence electrons. The van der Waals surface area contributed by atoms with E-state index in [0.717, 1.165) is 45.4 Å². The van der Waals surface area contributed by atoms with Gasteiger partial charge in [-0.3, -0.25) is 15.0 Å². The average Bonchev–Trinajstić information content (AvgIpc) is 2.43. The predicted molar refractivity (Wildman–Crippen MR) is 92.1 cm³/mol. The fourth-order valence-corrected chi connectivity index (χ4v) is 3.39. The Balaban J connectivity index is 0.00000132. The third-order valence-corrected chi connectivity index (χ3v) is 4.65. The summed E-state index contributed by atoms with van der Waals surface area (Å²) in [6.45, 7) is 3.47. The van der Waals surface area contributed by atoms with Crippen LogP contribution in [0.15, 0.2) is 18.2 Å². The molecule has 1 aliphatic heterocycles. The highest BCUT2D eigenvalue weighted by Gasteiger charge is 2.37. The van der Waals surface area contributed by atoms with E-state index in [1.807, 2.05) is 0 Å². The van der Waals surface area contributed by atoms with E-state index in [0.29, 0.717) is 11.5 Å². The fourth-order valence-electron chi connectivity index (χ4n) is 3.39. The summed E-state index contributed by atoms with van der Waals surface area (Å²) in [5.41, 5.74) is 0.596. The number of nitrogens with one attached hydrogen (secondary N) is 1. The molecular weight excluding hydrogens is 344 g/mol. The van der Waals surface area contributed by atoms with Crippen molar-refractivity contribution in [2.45, 2.75) is 25.3 Å². The third kappa shape index (κ3) is 4.32. The van der Waals surface area contributed by atoms with Crippen molar-refractivity contribution in [1.82, 2.24) is 10.2 Å². The molecule has 1 aliphatic carbocycles. The number of rotatable bonds is 4. The van der Waals surface area contributed by atoms with Gasteiger partial charge in [0.2, 0.25) is 0 Å². The van der Waals surface area contributed by atoms with Gasteiger partial charge in [0.1, 0.15) is 5.82 Å². The van der Waals surface area contributed by atoms with Gasteiger partial charge in [-0.15, -0.1) is 24.8 Å². The van der Waals surface area contributed by atoms with E-state index in [1.165, 1.54) is 18.2 Å². The van der Waals surface area contributed by atoms with Crippen LogP contribution in [0, 0.1) is 21.8 Å². The number of halogens is 3. The monoisotopic (exact) mass is 365 g/mol. The van der Waals surface area contributed by atoms with Crippen LogP contribution in [0.5, 0.6) is 0 Å². The summed E-state index contributed by atoms with van der Waals surface area (Å²) in [7, 11) is 0. The SMILES string of the molecule is Cl.Cl.O=[N+]([O-])c1ccc(F)cc1[C@@H](C1CCC1)N1CCNCC1. The standard InChI is InChI=1S/C15H20FN3O2.2ClH/c16-12-4-5-14(19(20)21)13(10-12)15(11-2-1-3-11)18-8-6-17-7-9-18;;/h4-5,10-11,15,17H,1-3,6-9H2;2*1H/t15-;;/m1../s1. The summed E-state index contributed by atoms with van der Waals surface area (Å²) in [4.78, 5) is 13.2. The Morgan fingerprint density at radius 3 is 2.43 bits per heavy atom. The lowest BCUT2D eigenvalue weighted by atomic mass is 9.76. The number of nitro benzene ring substituents is 1. The molecule has 2 fully saturated rings.